The molecule has 1 aliphatic heterocycles. The smallest absolute Gasteiger partial charge is 0.223 e. The molecule has 1 aromatic carbocycles. The van der Waals surface area contributed by atoms with Crippen LogP contribution in [-0.2, 0) is 16.6 Å². The van der Waals surface area contributed by atoms with Gasteiger partial charge in [-0.3, -0.25) is 4.90 Å². The first-order chi connectivity index (χ1) is 15.7. The molecule has 1 aliphatic carbocycles. The Morgan fingerprint density at radius 2 is 2.03 bits per heavy atom. The molecule has 33 heavy (non-hydrogen) atoms. The summed E-state index contributed by atoms with van der Waals surface area (Å²) in [6.45, 7) is 3.63. The third-order valence-corrected chi connectivity index (χ3v) is 8.16. The monoisotopic (exact) mass is 557 g/mol. The molecule has 0 atom stereocenters. The Labute approximate surface area is 207 Å². The van der Waals surface area contributed by atoms with Crippen molar-refractivity contribution in [2.24, 2.45) is 11.0 Å². The van der Waals surface area contributed by atoms with Gasteiger partial charge < -0.3 is 10.1 Å². The number of piperazine rings is 1. The summed E-state index contributed by atoms with van der Waals surface area (Å²) in [5.41, 5.74) is 9.87. The lowest BCUT2D eigenvalue weighted by Gasteiger charge is -2.33. The molecule has 0 radical (unpaired) electrons. The molecule has 2 fully saturated rings. The highest BCUT2D eigenvalue weighted by molar-refractivity contribution is 9.10. The van der Waals surface area contributed by atoms with Crippen molar-refractivity contribution >= 4 is 48.9 Å². The largest absolute Gasteiger partial charge is 0.437 e. The lowest BCUT2D eigenvalue weighted by atomic mass is 10.2. The van der Waals surface area contributed by atoms with Crippen LogP contribution in [0, 0.1) is 11.4 Å². The van der Waals surface area contributed by atoms with Crippen LogP contribution in [-0.4, -0.2) is 61.6 Å². The van der Waals surface area contributed by atoms with Gasteiger partial charge in [0, 0.05) is 56.5 Å². The van der Waals surface area contributed by atoms with E-state index in [-0.39, 0.29) is 0 Å². The Morgan fingerprint density at radius 1 is 1.30 bits per heavy atom. The second-order valence-corrected chi connectivity index (χ2v) is 11.7. The van der Waals surface area contributed by atoms with Crippen molar-refractivity contribution < 1.29 is 18.5 Å². The van der Waals surface area contributed by atoms with E-state index in [4.69, 9.17) is 21.9 Å². The maximum absolute atomic E-state index is 11.8. The van der Waals surface area contributed by atoms with Gasteiger partial charge in [-0.25, -0.2) is 18.9 Å². The lowest BCUT2D eigenvalue weighted by molar-refractivity contribution is -0.574. The molecular formula is C21H27BrClN6O3S+. The number of nitrogens with zero attached hydrogens (tertiary/aromatic N) is 4. The minimum absolute atomic E-state index is 0.413. The number of sulfonamides is 1. The molecule has 0 amide bonds. The number of aromatic nitrogens is 1. The summed E-state index contributed by atoms with van der Waals surface area (Å²) in [7, 11) is -3.18. The Morgan fingerprint density at radius 3 is 2.67 bits per heavy atom. The molecule has 12 heteroatoms. The van der Waals surface area contributed by atoms with E-state index in [0.29, 0.717) is 59.5 Å². The molecule has 0 unspecified atom stereocenters. The summed E-state index contributed by atoms with van der Waals surface area (Å²) in [6.07, 6.45) is 5.30. The molecule has 178 valence electrons. The van der Waals surface area contributed by atoms with Gasteiger partial charge in [-0.2, -0.15) is 9.42 Å². The van der Waals surface area contributed by atoms with Crippen molar-refractivity contribution in [2.45, 2.75) is 19.4 Å². The predicted octanol–water partition coefficient (Wildman–Crippen LogP) is 3.63. The number of hydrogen-bond donors (Lipinski definition) is 2. The minimum Gasteiger partial charge on any atom is -0.437 e. The van der Waals surface area contributed by atoms with Gasteiger partial charge in [0.2, 0.25) is 15.9 Å². The number of ether oxygens (including phenoxy) is 1. The number of benzene rings is 1. The van der Waals surface area contributed by atoms with Gasteiger partial charge >= 0.3 is 0 Å². The number of nitrogens with one attached hydrogen (secondary N) is 1. The first-order valence-electron chi connectivity index (χ1n) is 10.8. The molecule has 9 nitrogen and oxygen atoms in total. The average Bonchev–Trinajstić information content (AvgIpc) is 3.60. The Bertz CT molecular complexity index is 1140. The van der Waals surface area contributed by atoms with E-state index in [2.05, 4.69) is 36.2 Å². The van der Waals surface area contributed by atoms with Gasteiger partial charge in [0.15, 0.2) is 11.4 Å². The first kappa shape index (κ1) is 24.5. The summed E-state index contributed by atoms with van der Waals surface area (Å²) in [5, 5.41) is 6.34. The average molecular weight is 559 g/mol. The third-order valence-electron chi connectivity index (χ3n) is 5.88. The zero-order valence-electron chi connectivity index (χ0n) is 18.3. The molecule has 4 rings (SSSR count). The van der Waals surface area contributed by atoms with E-state index in [1.807, 2.05) is 18.2 Å². The van der Waals surface area contributed by atoms with Crippen LogP contribution in [0.2, 0.25) is 5.02 Å². The summed E-state index contributed by atoms with van der Waals surface area (Å²) in [5.74, 6) is 1.68. The Kier molecular flexibility index (Phi) is 7.66. The van der Waals surface area contributed by atoms with E-state index in [9.17, 15) is 8.42 Å². The molecule has 2 aliphatic rings. The number of nitrogens with two attached hydrogens (primary N) is 1. The number of pyridine rings is 1. The topological polar surface area (TPSA) is 116 Å². The van der Waals surface area contributed by atoms with Crippen LogP contribution in [0.4, 0.5) is 11.4 Å². The predicted molar refractivity (Wildman–Crippen MR) is 129 cm³/mol. The van der Waals surface area contributed by atoms with Crippen LogP contribution in [0.5, 0.6) is 11.6 Å². The zero-order chi connectivity index (χ0) is 23.6. The molecule has 2 aromatic rings. The summed E-state index contributed by atoms with van der Waals surface area (Å²) in [4.78, 5) is 6.54. The maximum atomic E-state index is 11.8. The molecule has 0 bridgehead atoms. The molecule has 1 aromatic heterocycles. The second kappa shape index (κ2) is 10.3. The highest BCUT2D eigenvalue weighted by Gasteiger charge is 2.26. The second-order valence-electron chi connectivity index (χ2n) is 8.47. The number of quaternary nitrogens is 1. The quantitative estimate of drug-likeness (QED) is 0.360. The van der Waals surface area contributed by atoms with Gasteiger partial charge in [-0.05, 0) is 40.9 Å². The van der Waals surface area contributed by atoms with Crippen molar-refractivity contribution in [1.82, 2.24) is 14.2 Å². The van der Waals surface area contributed by atoms with E-state index in [1.54, 1.807) is 0 Å². The standard InChI is InChI=1S/C21H26BrClN6O3S/c1-33(30,31)29-8-6-28(7-9-29)13-15-10-16(23)12-26-21(15)32-18-5-4-17(20(27-24)19(18)22)25-11-14-2-3-14/h4-5,10,12,14,24-25H,2-3,6-9,11,13H2,1H3/p+1. The molecule has 3 N–H and O–H groups in total. The van der Waals surface area contributed by atoms with Crippen molar-refractivity contribution in [3.8, 4) is 11.6 Å². The van der Waals surface area contributed by atoms with Crippen LogP contribution >= 0.6 is 27.5 Å². The Balaban J connectivity index is 1.50. The first-order valence-corrected chi connectivity index (χ1v) is 13.8. The van der Waals surface area contributed by atoms with Gasteiger partial charge in [0.1, 0.15) is 5.75 Å². The van der Waals surface area contributed by atoms with Crippen LogP contribution in [0.3, 0.4) is 0 Å². The van der Waals surface area contributed by atoms with Crippen LogP contribution in [0.1, 0.15) is 18.4 Å². The van der Waals surface area contributed by atoms with Crippen molar-refractivity contribution in [3.05, 3.63) is 39.5 Å². The number of hydrogen-bond acceptors (Lipinski definition) is 7. The fraction of sp³-hybridized carbons (Fsp3) is 0.476. The van der Waals surface area contributed by atoms with Gasteiger partial charge in [0.05, 0.1) is 22.3 Å². The number of halogens is 2. The highest BCUT2D eigenvalue weighted by Crippen LogP contribution is 2.41. The third kappa shape index (κ3) is 6.28. The molecule has 2 heterocycles. The SMILES string of the molecule is CS(=O)(=O)N1CCN(Cc2cc(Cl)cnc2Oc2ccc([NH2+]CC3CC3)c(N=N)c2Br)CC1. The number of rotatable bonds is 9. The van der Waals surface area contributed by atoms with Crippen LogP contribution in [0.15, 0.2) is 34.0 Å². The van der Waals surface area contributed by atoms with Gasteiger partial charge in [-0.15, -0.1) is 0 Å². The van der Waals surface area contributed by atoms with E-state index >= 15 is 0 Å². The summed E-state index contributed by atoms with van der Waals surface area (Å²) < 4.78 is 31.8. The fourth-order valence-corrected chi connectivity index (χ4v) is 5.34. The normalized spacial score (nSPS) is 17.8. The zero-order valence-corrected chi connectivity index (χ0v) is 21.5. The Hall–Kier alpha value is -1.63. The molecule has 1 saturated carbocycles. The highest BCUT2D eigenvalue weighted by atomic mass is 79.9. The van der Waals surface area contributed by atoms with E-state index < -0.39 is 10.0 Å². The minimum atomic E-state index is -3.18. The van der Waals surface area contributed by atoms with E-state index in [1.165, 1.54) is 29.6 Å². The van der Waals surface area contributed by atoms with Gasteiger partial charge in [-0.1, -0.05) is 11.6 Å². The maximum Gasteiger partial charge on any atom is 0.223 e. The van der Waals surface area contributed by atoms with Crippen molar-refractivity contribution in [2.75, 3.05) is 39.0 Å². The van der Waals surface area contributed by atoms with Gasteiger partial charge in [0.25, 0.3) is 0 Å². The lowest BCUT2D eigenvalue weighted by Crippen LogP contribution is -2.78. The van der Waals surface area contributed by atoms with Crippen molar-refractivity contribution in [3.63, 3.8) is 0 Å². The van der Waals surface area contributed by atoms with Crippen LogP contribution in [0.25, 0.3) is 0 Å². The molecule has 0 spiro atoms. The van der Waals surface area contributed by atoms with Crippen LogP contribution < -0.4 is 10.1 Å². The summed E-state index contributed by atoms with van der Waals surface area (Å²) in [6, 6.07) is 5.58. The van der Waals surface area contributed by atoms with Crippen molar-refractivity contribution in [1.29, 1.82) is 5.53 Å². The molecule has 1 saturated heterocycles. The fourth-order valence-electron chi connectivity index (χ4n) is 3.80. The summed E-state index contributed by atoms with van der Waals surface area (Å²) >= 11 is 9.76. The molecular weight excluding hydrogens is 532 g/mol. The van der Waals surface area contributed by atoms with E-state index in [0.717, 1.165) is 23.7 Å².